The Kier molecular flexibility index (Phi) is 5.19. The highest BCUT2D eigenvalue weighted by molar-refractivity contribution is 6.17. The van der Waals surface area contributed by atoms with E-state index in [0.29, 0.717) is 11.8 Å². The van der Waals surface area contributed by atoms with Gasteiger partial charge in [-0.1, -0.05) is 12.1 Å². The first-order valence-corrected chi connectivity index (χ1v) is 6.62. The van der Waals surface area contributed by atoms with Crippen LogP contribution in [0.3, 0.4) is 0 Å². The Bertz CT molecular complexity index is 514. The molecule has 0 N–H and O–H groups in total. The molecule has 2 aromatic rings. The summed E-state index contributed by atoms with van der Waals surface area (Å²) in [5.74, 6) is 1.78. The standard InChI is InChI=1S/C15H16ClNO2/c1-18-9-7-12-2-4-14(5-3-12)19-15-10-13(11-16)6-8-17-15/h2-6,8,10H,7,9,11H2,1H3. The van der Waals surface area contributed by atoms with Crippen LogP contribution in [0.25, 0.3) is 0 Å². The second kappa shape index (κ2) is 7.12. The highest BCUT2D eigenvalue weighted by Gasteiger charge is 2.00. The highest BCUT2D eigenvalue weighted by Crippen LogP contribution is 2.21. The number of hydrogen-bond acceptors (Lipinski definition) is 3. The fourth-order valence-corrected chi connectivity index (χ4v) is 1.82. The molecule has 2 rings (SSSR count). The van der Waals surface area contributed by atoms with E-state index in [2.05, 4.69) is 4.98 Å². The van der Waals surface area contributed by atoms with Crippen molar-refractivity contribution in [2.45, 2.75) is 12.3 Å². The summed E-state index contributed by atoms with van der Waals surface area (Å²) in [4.78, 5) is 4.15. The number of nitrogens with zero attached hydrogens (tertiary/aromatic N) is 1. The van der Waals surface area contributed by atoms with Crippen molar-refractivity contribution in [1.29, 1.82) is 0 Å². The maximum absolute atomic E-state index is 5.78. The first-order chi connectivity index (χ1) is 9.31. The summed E-state index contributed by atoms with van der Waals surface area (Å²) in [5.41, 5.74) is 2.21. The number of rotatable bonds is 6. The zero-order valence-corrected chi connectivity index (χ0v) is 11.6. The van der Waals surface area contributed by atoms with Gasteiger partial charge in [-0.3, -0.25) is 0 Å². The van der Waals surface area contributed by atoms with E-state index in [9.17, 15) is 0 Å². The molecule has 100 valence electrons. The van der Waals surface area contributed by atoms with Gasteiger partial charge < -0.3 is 9.47 Å². The molecule has 4 heteroatoms. The van der Waals surface area contributed by atoms with Crippen LogP contribution in [0.1, 0.15) is 11.1 Å². The summed E-state index contributed by atoms with van der Waals surface area (Å²) in [6, 6.07) is 11.6. The maximum atomic E-state index is 5.78. The fraction of sp³-hybridized carbons (Fsp3) is 0.267. The quantitative estimate of drug-likeness (QED) is 0.753. The minimum absolute atomic E-state index is 0.453. The van der Waals surface area contributed by atoms with Crippen molar-refractivity contribution in [3.63, 3.8) is 0 Å². The van der Waals surface area contributed by atoms with E-state index in [-0.39, 0.29) is 0 Å². The van der Waals surface area contributed by atoms with Gasteiger partial charge in [0.2, 0.25) is 5.88 Å². The van der Waals surface area contributed by atoms with Gasteiger partial charge in [-0.05, 0) is 35.7 Å². The maximum Gasteiger partial charge on any atom is 0.219 e. The van der Waals surface area contributed by atoms with Crippen molar-refractivity contribution in [3.05, 3.63) is 53.7 Å². The summed E-state index contributed by atoms with van der Waals surface area (Å²) < 4.78 is 10.7. The molecular formula is C15H16ClNO2. The predicted molar refractivity (Wildman–Crippen MR) is 75.9 cm³/mol. The minimum Gasteiger partial charge on any atom is -0.439 e. The van der Waals surface area contributed by atoms with Gasteiger partial charge in [0.1, 0.15) is 5.75 Å². The Labute approximate surface area is 118 Å². The van der Waals surface area contributed by atoms with Crippen LogP contribution in [-0.4, -0.2) is 18.7 Å². The first kappa shape index (κ1) is 13.8. The van der Waals surface area contributed by atoms with E-state index < -0.39 is 0 Å². The van der Waals surface area contributed by atoms with Crippen LogP contribution in [0.4, 0.5) is 0 Å². The Morgan fingerprint density at radius 3 is 2.58 bits per heavy atom. The molecular weight excluding hydrogens is 262 g/mol. The van der Waals surface area contributed by atoms with E-state index in [1.807, 2.05) is 36.4 Å². The third-order valence-electron chi connectivity index (χ3n) is 2.69. The SMILES string of the molecule is COCCc1ccc(Oc2cc(CCl)ccn2)cc1. The molecule has 0 amide bonds. The van der Waals surface area contributed by atoms with Crippen LogP contribution >= 0.6 is 11.6 Å². The summed E-state index contributed by atoms with van der Waals surface area (Å²) in [7, 11) is 1.70. The smallest absolute Gasteiger partial charge is 0.219 e. The summed E-state index contributed by atoms with van der Waals surface area (Å²) in [5, 5.41) is 0. The number of alkyl halides is 1. The molecule has 0 aliphatic heterocycles. The normalized spacial score (nSPS) is 10.4. The number of ether oxygens (including phenoxy) is 2. The fourth-order valence-electron chi connectivity index (χ4n) is 1.65. The minimum atomic E-state index is 0.453. The monoisotopic (exact) mass is 277 g/mol. The molecule has 0 spiro atoms. The van der Waals surface area contributed by atoms with E-state index in [1.54, 1.807) is 13.3 Å². The van der Waals surface area contributed by atoms with Crippen LogP contribution in [0.15, 0.2) is 42.6 Å². The first-order valence-electron chi connectivity index (χ1n) is 6.08. The van der Waals surface area contributed by atoms with Crippen LogP contribution in [0, 0.1) is 0 Å². The molecule has 0 unspecified atom stereocenters. The van der Waals surface area contributed by atoms with Gasteiger partial charge >= 0.3 is 0 Å². The average Bonchev–Trinajstić information content (AvgIpc) is 2.47. The molecule has 19 heavy (non-hydrogen) atoms. The molecule has 1 heterocycles. The molecule has 3 nitrogen and oxygen atoms in total. The van der Waals surface area contributed by atoms with E-state index in [1.165, 1.54) is 5.56 Å². The van der Waals surface area contributed by atoms with Gasteiger partial charge in [0.25, 0.3) is 0 Å². The predicted octanol–water partition coefficient (Wildman–Crippen LogP) is 3.80. The molecule has 1 aromatic carbocycles. The number of hydrogen-bond donors (Lipinski definition) is 0. The Morgan fingerprint density at radius 1 is 1.11 bits per heavy atom. The second-order valence-corrected chi connectivity index (χ2v) is 4.39. The van der Waals surface area contributed by atoms with E-state index in [4.69, 9.17) is 21.1 Å². The van der Waals surface area contributed by atoms with Gasteiger partial charge in [0.15, 0.2) is 0 Å². The van der Waals surface area contributed by atoms with E-state index >= 15 is 0 Å². The number of aromatic nitrogens is 1. The molecule has 0 saturated carbocycles. The van der Waals surface area contributed by atoms with Gasteiger partial charge in [-0.25, -0.2) is 4.98 Å². The lowest BCUT2D eigenvalue weighted by molar-refractivity contribution is 0.202. The summed E-state index contributed by atoms with van der Waals surface area (Å²) in [6.07, 6.45) is 2.59. The third-order valence-corrected chi connectivity index (χ3v) is 3.00. The van der Waals surface area contributed by atoms with E-state index in [0.717, 1.165) is 24.3 Å². The van der Waals surface area contributed by atoms with Crippen molar-refractivity contribution in [3.8, 4) is 11.6 Å². The Hall–Kier alpha value is -1.58. The average molecular weight is 278 g/mol. The van der Waals surface area contributed by atoms with Crippen molar-refractivity contribution in [2.75, 3.05) is 13.7 Å². The highest BCUT2D eigenvalue weighted by atomic mass is 35.5. The van der Waals surface area contributed by atoms with Crippen molar-refractivity contribution in [1.82, 2.24) is 4.98 Å². The van der Waals surface area contributed by atoms with Gasteiger partial charge in [-0.15, -0.1) is 11.6 Å². The molecule has 0 fully saturated rings. The van der Waals surface area contributed by atoms with Crippen molar-refractivity contribution >= 4 is 11.6 Å². The molecule has 0 aliphatic rings. The summed E-state index contributed by atoms with van der Waals surface area (Å²) >= 11 is 5.78. The molecule has 0 atom stereocenters. The van der Waals surface area contributed by atoms with Crippen LogP contribution in [0.2, 0.25) is 0 Å². The second-order valence-electron chi connectivity index (χ2n) is 4.12. The Balaban J connectivity index is 2.02. The van der Waals surface area contributed by atoms with Gasteiger partial charge in [-0.2, -0.15) is 0 Å². The van der Waals surface area contributed by atoms with Crippen molar-refractivity contribution < 1.29 is 9.47 Å². The molecule has 1 aromatic heterocycles. The van der Waals surface area contributed by atoms with Crippen LogP contribution in [0.5, 0.6) is 11.6 Å². The zero-order chi connectivity index (χ0) is 13.5. The topological polar surface area (TPSA) is 31.4 Å². The molecule has 0 saturated heterocycles. The Morgan fingerprint density at radius 2 is 1.89 bits per heavy atom. The number of methoxy groups -OCH3 is 1. The molecule has 0 radical (unpaired) electrons. The number of halogens is 1. The van der Waals surface area contributed by atoms with Crippen LogP contribution < -0.4 is 4.74 Å². The lowest BCUT2D eigenvalue weighted by atomic mass is 10.1. The van der Waals surface area contributed by atoms with Crippen LogP contribution in [-0.2, 0) is 17.0 Å². The van der Waals surface area contributed by atoms with Gasteiger partial charge in [0, 0.05) is 25.3 Å². The number of benzene rings is 1. The number of pyridine rings is 1. The van der Waals surface area contributed by atoms with Gasteiger partial charge in [0.05, 0.1) is 6.61 Å². The lowest BCUT2D eigenvalue weighted by Crippen LogP contribution is -1.94. The third kappa shape index (κ3) is 4.23. The lowest BCUT2D eigenvalue weighted by Gasteiger charge is -2.06. The van der Waals surface area contributed by atoms with Crippen molar-refractivity contribution in [2.24, 2.45) is 0 Å². The zero-order valence-electron chi connectivity index (χ0n) is 10.8. The largest absolute Gasteiger partial charge is 0.439 e. The molecule has 0 bridgehead atoms. The summed E-state index contributed by atoms with van der Waals surface area (Å²) in [6.45, 7) is 0.722. The molecule has 0 aliphatic carbocycles.